The molecule has 0 radical (unpaired) electrons. The molecule has 1 aromatic heterocycles. The Morgan fingerprint density at radius 3 is 2.00 bits per heavy atom. The fourth-order valence-electron chi connectivity index (χ4n) is 0.727. The van der Waals surface area contributed by atoms with E-state index in [1.807, 2.05) is 0 Å². The smallest absolute Gasteiger partial charge is 0.396 e. The molecule has 1 heterocycles. The van der Waals surface area contributed by atoms with Gasteiger partial charge >= 0.3 is 6.18 Å². The molecule has 78 valence electrons. The van der Waals surface area contributed by atoms with Gasteiger partial charge in [-0.2, -0.15) is 18.3 Å². The van der Waals surface area contributed by atoms with Gasteiger partial charge in [-0.1, -0.05) is 0 Å². The number of anilines is 1. The largest absolute Gasteiger partial charge is 0.437 e. The van der Waals surface area contributed by atoms with Gasteiger partial charge in [0.1, 0.15) is 0 Å². The normalized spacial score (nSPS) is 10.2. The van der Waals surface area contributed by atoms with Gasteiger partial charge in [0.25, 0.3) is 0 Å². The first-order valence-corrected chi connectivity index (χ1v) is 2.77. The Morgan fingerprint density at radius 1 is 1.38 bits per heavy atom. The fourth-order valence-corrected chi connectivity index (χ4v) is 0.727. The fraction of sp³-hybridized carbons (Fsp3) is 0.400. The van der Waals surface area contributed by atoms with Crippen molar-refractivity contribution in [2.45, 2.75) is 6.18 Å². The Hall–Kier alpha value is -0.620. The van der Waals surface area contributed by atoms with Gasteiger partial charge in [-0.25, -0.2) is 0 Å². The molecule has 0 aliphatic rings. The monoisotopic (exact) mass is 237 g/mol. The lowest BCUT2D eigenvalue weighted by Gasteiger charge is -2.01. The number of nitrogens with two attached hydrogens (primary N) is 1. The molecule has 0 unspecified atom stereocenters. The second-order valence-corrected chi connectivity index (χ2v) is 2.10. The highest BCUT2D eigenvalue weighted by atomic mass is 35.5. The molecule has 13 heavy (non-hydrogen) atoms. The van der Waals surface area contributed by atoms with Gasteiger partial charge in [-0.15, -0.1) is 24.8 Å². The molecule has 0 atom stereocenters. The molecule has 0 bridgehead atoms. The van der Waals surface area contributed by atoms with E-state index < -0.39 is 11.9 Å². The first kappa shape index (κ1) is 14.9. The van der Waals surface area contributed by atoms with E-state index in [1.165, 1.54) is 7.05 Å². The van der Waals surface area contributed by atoms with Crippen LogP contribution in [0.5, 0.6) is 0 Å². The Bertz CT molecular complexity index is 270. The minimum absolute atomic E-state index is 0. The van der Waals surface area contributed by atoms with E-state index >= 15 is 0 Å². The SMILES string of the molecule is Cl.Cl.Cn1cc(N)c(C(F)(F)F)n1. The van der Waals surface area contributed by atoms with Crippen LogP contribution in [0.15, 0.2) is 6.20 Å². The van der Waals surface area contributed by atoms with Crippen molar-refractivity contribution in [1.29, 1.82) is 0 Å². The highest BCUT2D eigenvalue weighted by Crippen LogP contribution is 2.31. The topological polar surface area (TPSA) is 43.8 Å². The second-order valence-electron chi connectivity index (χ2n) is 2.10. The number of hydrogen-bond acceptors (Lipinski definition) is 2. The van der Waals surface area contributed by atoms with E-state index in [4.69, 9.17) is 5.73 Å². The van der Waals surface area contributed by atoms with Crippen molar-refractivity contribution < 1.29 is 13.2 Å². The summed E-state index contributed by atoms with van der Waals surface area (Å²) in [6, 6.07) is 0. The third-order valence-electron chi connectivity index (χ3n) is 1.13. The highest BCUT2D eigenvalue weighted by Gasteiger charge is 2.36. The summed E-state index contributed by atoms with van der Waals surface area (Å²) >= 11 is 0. The Kier molecular flexibility index (Phi) is 5.23. The van der Waals surface area contributed by atoms with Gasteiger partial charge in [0.15, 0.2) is 5.69 Å². The molecule has 0 amide bonds. The lowest BCUT2D eigenvalue weighted by molar-refractivity contribution is -0.140. The minimum atomic E-state index is -4.45. The average Bonchev–Trinajstić information content (AvgIpc) is 2.08. The number of halogens is 5. The third kappa shape index (κ3) is 3.31. The maximum atomic E-state index is 11.9. The summed E-state index contributed by atoms with van der Waals surface area (Å²) in [5.74, 6) is 0. The van der Waals surface area contributed by atoms with Gasteiger partial charge in [-0.05, 0) is 0 Å². The van der Waals surface area contributed by atoms with Crippen LogP contribution in [0.1, 0.15) is 5.69 Å². The van der Waals surface area contributed by atoms with Crippen molar-refractivity contribution >= 4 is 30.5 Å². The van der Waals surface area contributed by atoms with Crippen LogP contribution < -0.4 is 5.73 Å². The van der Waals surface area contributed by atoms with Gasteiger partial charge in [0, 0.05) is 13.2 Å². The van der Waals surface area contributed by atoms with Crippen LogP contribution >= 0.6 is 24.8 Å². The van der Waals surface area contributed by atoms with Crippen molar-refractivity contribution in [3.8, 4) is 0 Å². The first-order valence-electron chi connectivity index (χ1n) is 2.77. The highest BCUT2D eigenvalue weighted by molar-refractivity contribution is 5.85. The summed E-state index contributed by atoms with van der Waals surface area (Å²) in [5.41, 5.74) is 3.65. The van der Waals surface area contributed by atoms with Gasteiger partial charge in [-0.3, -0.25) is 4.68 Å². The average molecular weight is 238 g/mol. The molecule has 0 aliphatic carbocycles. The van der Waals surface area contributed by atoms with Crippen molar-refractivity contribution in [3.05, 3.63) is 11.9 Å². The van der Waals surface area contributed by atoms with Crippen LogP contribution in [0, 0.1) is 0 Å². The van der Waals surface area contributed by atoms with E-state index in [0.717, 1.165) is 10.9 Å². The number of alkyl halides is 3. The Labute approximate surface area is 84.9 Å². The number of aryl methyl sites for hydroxylation is 1. The molecule has 0 aliphatic heterocycles. The Balaban J connectivity index is 0. The summed E-state index contributed by atoms with van der Waals surface area (Å²) < 4.78 is 36.7. The standard InChI is InChI=1S/C5H6F3N3.2ClH/c1-11-2-3(9)4(10-11)5(6,7)8;;/h2H,9H2,1H3;2*1H. The minimum Gasteiger partial charge on any atom is -0.396 e. The molecule has 0 saturated heterocycles. The van der Waals surface area contributed by atoms with Crippen LogP contribution in [0.25, 0.3) is 0 Å². The number of nitrogens with zero attached hydrogens (tertiary/aromatic N) is 2. The molecule has 3 nitrogen and oxygen atoms in total. The molecule has 1 rings (SSSR count). The van der Waals surface area contributed by atoms with E-state index in [0.29, 0.717) is 0 Å². The van der Waals surface area contributed by atoms with Crippen molar-refractivity contribution in [1.82, 2.24) is 9.78 Å². The maximum absolute atomic E-state index is 11.9. The van der Waals surface area contributed by atoms with E-state index in [1.54, 1.807) is 0 Å². The first-order chi connectivity index (χ1) is 4.91. The third-order valence-corrected chi connectivity index (χ3v) is 1.13. The maximum Gasteiger partial charge on any atom is 0.437 e. The molecular weight excluding hydrogens is 230 g/mol. The lowest BCUT2D eigenvalue weighted by Crippen LogP contribution is -2.09. The summed E-state index contributed by atoms with van der Waals surface area (Å²) in [4.78, 5) is 0. The number of hydrogen-bond donors (Lipinski definition) is 1. The Morgan fingerprint density at radius 2 is 1.85 bits per heavy atom. The molecule has 0 aromatic carbocycles. The molecule has 0 saturated carbocycles. The van der Waals surface area contributed by atoms with Gasteiger partial charge in [0.2, 0.25) is 0 Å². The zero-order chi connectivity index (χ0) is 8.65. The van der Waals surface area contributed by atoms with Crippen molar-refractivity contribution in [2.75, 3.05) is 5.73 Å². The quantitative estimate of drug-likeness (QED) is 0.749. The zero-order valence-electron chi connectivity index (χ0n) is 6.50. The molecule has 2 N–H and O–H groups in total. The summed E-state index contributed by atoms with van der Waals surface area (Å²) in [6.07, 6.45) is -3.34. The van der Waals surface area contributed by atoms with Gasteiger partial charge in [0.05, 0.1) is 5.69 Å². The second kappa shape index (κ2) is 4.57. The van der Waals surface area contributed by atoms with Crippen LogP contribution in [0.3, 0.4) is 0 Å². The molecular formula is C5H8Cl2F3N3. The van der Waals surface area contributed by atoms with E-state index in [9.17, 15) is 13.2 Å². The number of aromatic nitrogens is 2. The van der Waals surface area contributed by atoms with Crippen LogP contribution in [0.4, 0.5) is 18.9 Å². The number of nitrogen functional groups attached to an aromatic ring is 1. The summed E-state index contributed by atoms with van der Waals surface area (Å²) in [7, 11) is 1.38. The van der Waals surface area contributed by atoms with Crippen molar-refractivity contribution in [3.63, 3.8) is 0 Å². The zero-order valence-corrected chi connectivity index (χ0v) is 8.13. The van der Waals surface area contributed by atoms with Crippen molar-refractivity contribution in [2.24, 2.45) is 7.05 Å². The van der Waals surface area contributed by atoms with E-state index in [-0.39, 0.29) is 30.5 Å². The summed E-state index contributed by atoms with van der Waals surface area (Å²) in [5, 5.41) is 3.15. The van der Waals surface area contributed by atoms with E-state index in [2.05, 4.69) is 5.10 Å². The number of rotatable bonds is 0. The molecule has 1 aromatic rings. The van der Waals surface area contributed by atoms with Crippen LogP contribution in [-0.4, -0.2) is 9.78 Å². The van der Waals surface area contributed by atoms with Crippen LogP contribution in [-0.2, 0) is 13.2 Å². The predicted molar refractivity (Wildman–Crippen MR) is 47.1 cm³/mol. The van der Waals surface area contributed by atoms with Crippen LogP contribution in [0.2, 0.25) is 0 Å². The molecule has 0 spiro atoms. The predicted octanol–water partition coefficient (Wildman–Crippen LogP) is 1.86. The molecule has 0 fully saturated rings. The van der Waals surface area contributed by atoms with Gasteiger partial charge < -0.3 is 5.73 Å². The summed E-state index contributed by atoms with van der Waals surface area (Å²) in [6.45, 7) is 0. The lowest BCUT2D eigenvalue weighted by atomic mass is 10.4. The molecule has 8 heteroatoms.